The Bertz CT molecular complexity index is 1590. The van der Waals surface area contributed by atoms with Gasteiger partial charge < -0.3 is 5.32 Å². The van der Waals surface area contributed by atoms with Crippen LogP contribution in [0.4, 0.5) is 17.3 Å². The van der Waals surface area contributed by atoms with E-state index in [1.165, 1.54) is 0 Å². The highest BCUT2D eigenvalue weighted by Crippen LogP contribution is 2.43. The Labute approximate surface area is 231 Å². The number of para-hydroxylation sites is 1. The van der Waals surface area contributed by atoms with Crippen LogP contribution in [0.3, 0.4) is 0 Å². The second-order valence-electron chi connectivity index (χ2n) is 10.5. The molecule has 2 aliphatic heterocycles. The highest BCUT2D eigenvalue weighted by atomic mass is 35.5. The minimum Gasteiger partial charge on any atom is -0.340 e. The molecule has 0 radical (unpaired) electrons. The number of aryl methyl sites for hydroxylation is 1. The third-order valence-corrected chi connectivity index (χ3v) is 8.00. The van der Waals surface area contributed by atoms with Crippen LogP contribution in [-0.4, -0.2) is 50.7 Å². The number of carbonyl (C=O) groups excluding carboxylic acids is 1. The van der Waals surface area contributed by atoms with Crippen molar-refractivity contribution in [2.75, 3.05) is 17.3 Å². The lowest BCUT2D eigenvalue weighted by atomic mass is 10.1. The molecule has 2 aromatic carbocycles. The van der Waals surface area contributed by atoms with Crippen molar-refractivity contribution >= 4 is 40.8 Å². The van der Waals surface area contributed by atoms with Crippen LogP contribution in [0.5, 0.6) is 0 Å². The smallest absolute Gasteiger partial charge is 0.267 e. The summed E-state index contributed by atoms with van der Waals surface area (Å²) >= 11 is 6.19. The first kappa shape index (κ1) is 23.9. The number of pyridine rings is 1. The van der Waals surface area contributed by atoms with E-state index in [9.17, 15) is 4.79 Å². The topological polar surface area (TPSA) is 78.6 Å². The van der Waals surface area contributed by atoms with E-state index in [1.54, 1.807) is 4.90 Å². The number of aliphatic imine (C=N–C) groups is 1. The summed E-state index contributed by atoms with van der Waals surface area (Å²) in [6, 6.07) is 22.5. The van der Waals surface area contributed by atoms with Gasteiger partial charge in [0.25, 0.3) is 5.91 Å². The normalized spacial score (nSPS) is 19.6. The second-order valence-corrected chi connectivity index (χ2v) is 10.9. The number of carbonyl (C=O) groups is 1. The molecule has 0 saturated heterocycles. The van der Waals surface area contributed by atoms with Crippen molar-refractivity contribution < 1.29 is 4.79 Å². The Kier molecular flexibility index (Phi) is 5.66. The third-order valence-electron chi connectivity index (χ3n) is 7.81. The summed E-state index contributed by atoms with van der Waals surface area (Å²) in [5, 5.41) is 9.04. The maximum Gasteiger partial charge on any atom is 0.267 e. The number of amides is 1. The third kappa shape index (κ3) is 4.06. The highest BCUT2D eigenvalue weighted by molar-refractivity contribution is 6.29. The first-order valence-electron chi connectivity index (χ1n) is 13.3. The van der Waals surface area contributed by atoms with Crippen LogP contribution < -0.4 is 10.2 Å². The second kappa shape index (κ2) is 9.24. The molecule has 8 nitrogen and oxygen atoms in total. The number of benzene rings is 2. The lowest BCUT2D eigenvalue weighted by Gasteiger charge is -2.34. The standard InChI is InChI=1S/C30H28ClN7O/c1-18-15-23(33-25(31)16-18)20-13-11-19(12-14-20)17-37-27(32-21-7-4-3-5-8-21)26-28(35-37)38-24-10-6-9-22(24)34-30(38)36(2)29(26)39/h3-5,7-8,11-16,22,24,32H,6,9-10,17H2,1-2H3/t22-,24+/m1/s1. The van der Waals surface area contributed by atoms with Crippen molar-refractivity contribution in [1.29, 1.82) is 0 Å². The molecule has 4 aromatic rings. The van der Waals surface area contributed by atoms with Gasteiger partial charge >= 0.3 is 0 Å². The Morgan fingerprint density at radius 2 is 1.85 bits per heavy atom. The minimum atomic E-state index is -0.0950. The van der Waals surface area contributed by atoms with Gasteiger partial charge in [-0.3, -0.25) is 14.6 Å². The summed E-state index contributed by atoms with van der Waals surface area (Å²) in [5.41, 5.74) is 5.44. The van der Waals surface area contributed by atoms with Gasteiger partial charge in [0.05, 0.1) is 24.3 Å². The Hall–Kier alpha value is -4.17. The molecule has 1 amide bonds. The molecule has 1 aliphatic carbocycles. The van der Waals surface area contributed by atoms with Crippen LogP contribution in [0.1, 0.15) is 40.7 Å². The number of fused-ring (bicyclic) bond motifs is 5. The van der Waals surface area contributed by atoms with Gasteiger partial charge in [-0.1, -0.05) is 54.1 Å². The monoisotopic (exact) mass is 537 g/mol. The van der Waals surface area contributed by atoms with Crippen LogP contribution in [0.15, 0.2) is 71.7 Å². The van der Waals surface area contributed by atoms with Gasteiger partial charge in [-0.05, 0) is 61.6 Å². The van der Waals surface area contributed by atoms with E-state index < -0.39 is 0 Å². The van der Waals surface area contributed by atoms with Crippen LogP contribution in [0.25, 0.3) is 11.3 Å². The zero-order valence-corrected chi connectivity index (χ0v) is 22.6. The molecule has 3 aliphatic rings. The predicted octanol–water partition coefficient (Wildman–Crippen LogP) is 5.88. The first-order chi connectivity index (χ1) is 19.0. The Morgan fingerprint density at radius 3 is 2.62 bits per heavy atom. The van der Waals surface area contributed by atoms with E-state index in [1.807, 2.05) is 61.1 Å². The molecule has 1 N–H and O–H groups in total. The molecule has 7 rings (SSSR count). The molecule has 2 aromatic heterocycles. The van der Waals surface area contributed by atoms with Gasteiger partial charge in [-0.2, -0.15) is 5.10 Å². The summed E-state index contributed by atoms with van der Waals surface area (Å²) in [4.78, 5) is 27.0. The predicted molar refractivity (Wildman–Crippen MR) is 154 cm³/mol. The number of aromatic nitrogens is 3. The quantitative estimate of drug-likeness (QED) is 0.322. The number of guanidine groups is 1. The van der Waals surface area contributed by atoms with Crippen molar-refractivity contribution in [3.63, 3.8) is 0 Å². The van der Waals surface area contributed by atoms with Crippen molar-refractivity contribution in [3.8, 4) is 11.3 Å². The van der Waals surface area contributed by atoms with Crippen molar-refractivity contribution in [3.05, 3.63) is 88.6 Å². The molecule has 4 heterocycles. The largest absolute Gasteiger partial charge is 0.340 e. The van der Waals surface area contributed by atoms with E-state index in [-0.39, 0.29) is 18.0 Å². The van der Waals surface area contributed by atoms with Gasteiger partial charge in [-0.25, -0.2) is 14.7 Å². The molecule has 9 heteroatoms. The van der Waals surface area contributed by atoms with Crippen LogP contribution in [0.2, 0.25) is 5.15 Å². The molecular formula is C30H28ClN7O. The summed E-state index contributed by atoms with van der Waals surface area (Å²) < 4.78 is 1.91. The van der Waals surface area contributed by atoms with Crippen molar-refractivity contribution in [2.45, 2.75) is 44.8 Å². The maximum absolute atomic E-state index is 13.7. The maximum atomic E-state index is 13.7. The highest BCUT2D eigenvalue weighted by Gasteiger charge is 2.49. The van der Waals surface area contributed by atoms with E-state index >= 15 is 0 Å². The zero-order chi connectivity index (χ0) is 26.7. The number of halogens is 1. The zero-order valence-electron chi connectivity index (χ0n) is 21.8. The number of hydrogen-bond acceptors (Lipinski definition) is 6. The Balaban J connectivity index is 1.29. The Morgan fingerprint density at radius 1 is 1.05 bits per heavy atom. The summed E-state index contributed by atoms with van der Waals surface area (Å²) in [6.07, 6.45) is 3.23. The summed E-state index contributed by atoms with van der Waals surface area (Å²) in [5.74, 6) is 2.00. The molecule has 0 spiro atoms. The number of rotatable bonds is 5. The average Bonchev–Trinajstić information content (AvgIpc) is 3.62. The molecule has 1 saturated carbocycles. The molecule has 196 valence electrons. The van der Waals surface area contributed by atoms with Gasteiger partial charge in [-0.15, -0.1) is 0 Å². The van der Waals surface area contributed by atoms with E-state index in [0.29, 0.717) is 34.9 Å². The van der Waals surface area contributed by atoms with E-state index in [4.69, 9.17) is 21.7 Å². The van der Waals surface area contributed by atoms with Crippen LogP contribution in [-0.2, 0) is 6.54 Å². The molecule has 0 bridgehead atoms. The molecule has 2 atom stereocenters. The average molecular weight is 538 g/mol. The van der Waals surface area contributed by atoms with Crippen molar-refractivity contribution in [2.24, 2.45) is 4.99 Å². The number of nitrogens with zero attached hydrogens (tertiary/aromatic N) is 6. The van der Waals surface area contributed by atoms with Gasteiger partial charge in [0, 0.05) is 18.3 Å². The number of nitrogens with one attached hydrogen (secondary N) is 1. The fourth-order valence-corrected chi connectivity index (χ4v) is 6.19. The number of anilines is 3. The molecule has 39 heavy (non-hydrogen) atoms. The van der Waals surface area contributed by atoms with E-state index in [2.05, 4.69) is 39.5 Å². The lowest BCUT2D eigenvalue weighted by molar-refractivity contribution is 0.0866. The summed E-state index contributed by atoms with van der Waals surface area (Å²) in [7, 11) is 1.81. The molecule has 0 unspecified atom stereocenters. The summed E-state index contributed by atoms with van der Waals surface area (Å²) in [6.45, 7) is 2.50. The molecular weight excluding hydrogens is 510 g/mol. The van der Waals surface area contributed by atoms with E-state index in [0.717, 1.165) is 47.3 Å². The van der Waals surface area contributed by atoms with Gasteiger partial charge in [0.15, 0.2) is 5.82 Å². The van der Waals surface area contributed by atoms with Crippen molar-refractivity contribution in [1.82, 2.24) is 19.7 Å². The lowest BCUT2D eigenvalue weighted by Crippen LogP contribution is -2.51. The first-order valence-corrected chi connectivity index (χ1v) is 13.7. The van der Waals surface area contributed by atoms with Crippen LogP contribution in [0, 0.1) is 6.92 Å². The fraction of sp³-hybridized carbons (Fsp3) is 0.267. The number of hydrogen-bond donors (Lipinski definition) is 1. The minimum absolute atomic E-state index is 0.0950. The van der Waals surface area contributed by atoms with Crippen LogP contribution >= 0.6 is 11.6 Å². The van der Waals surface area contributed by atoms with Gasteiger partial charge in [0.1, 0.15) is 16.5 Å². The molecule has 1 fully saturated rings. The SMILES string of the molecule is Cc1cc(Cl)nc(-c2ccc(Cn3nc4c(c3Nc3ccccc3)C(=O)N(C)C3=N[C@@H]5CCC[C@@H]5N34)cc2)c1. The fourth-order valence-electron chi connectivity index (χ4n) is 5.93. The van der Waals surface area contributed by atoms with Gasteiger partial charge in [0.2, 0.25) is 5.96 Å².